The molecule has 0 fully saturated rings. The van der Waals surface area contributed by atoms with Crippen LogP contribution in [0.1, 0.15) is 18.6 Å². The maximum atomic E-state index is 10.6. The summed E-state index contributed by atoms with van der Waals surface area (Å²) in [6, 6.07) is 0. The number of nitrogens with zero attached hydrogens (tertiary/aromatic N) is 3. The van der Waals surface area contributed by atoms with Crippen molar-refractivity contribution in [1.29, 1.82) is 0 Å². The molecule has 0 atom stereocenters. The zero-order valence-corrected chi connectivity index (χ0v) is 6.75. The van der Waals surface area contributed by atoms with Crippen molar-refractivity contribution in [3.8, 4) is 0 Å². The zero-order valence-electron chi connectivity index (χ0n) is 6.75. The minimum absolute atomic E-state index is 0.129. The van der Waals surface area contributed by atoms with Crippen molar-refractivity contribution in [1.82, 2.24) is 14.9 Å². The number of nitrogens with one attached hydrogen (secondary N) is 1. The van der Waals surface area contributed by atoms with Crippen molar-refractivity contribution >= 4 is 5.91 Å². The molecule has 11 heavy (non-hydrogen) atoms. The van der Waals surface area contributed by atoms with Crippen LogP contribution in [-0.4, -0.2) is 20.8 Å². The molecule has 0 aliphatic carbocycles. The van der Waals surface area contributed by atoms with Crippen molar-refractivity contribution in [2.24, 2.45) is 0 Å². The summed E-state index contributed by atoms with van der Waals surface area (Å²) >= 11 is 0. The molecule has 1 aromatic heterocycles. The topological polar surface area (TPSA) is 59.8 Å². The van der Waals surface area contributed by atoms with Gasteiger partial charge in [-0.05, 0) is 13.8 Å². The van der Waals surface area contributed by atoms with Gasteiger partial charge in [-0.25, -0.2) is 4.68 Å². The van der Waals surface area contributed by atoms with E-state index in [0.717, 1.165) is 0 Å². The van der Waals surface area contributed by atoms with E-state index >= 15 is 0 Å². The molecule has 1 rings (SSSR count). The number of carbonyl (C=O) groups is 1. The Bertz CT molecular complexity index is 259. The third-order valence-corrected chi connectivity index (χ3v) is 1.26. The Labute approximate surface area is 64.4 Å². The van der Waals surface area contributed by atoms with Gasteiger partial charge in [0.15, 0.2) is 0 Å². The van der Waals surface area contributed by atoms with Crippen molar-refractivity contribution in [3.63, 3.8) is 0 Å². The molecule has 0 aliphatic rings. The van der Waals surface area contributed by atoms with E-state index in [2.05, 4.69) is 15.6 Å². The Morgan fingerprint density at radius 1 is 1.36 bits per heavy atom. The molecule has 0 saturated heterocycles. The Morgan fingerprint density at radius 3 is 2.18 bits per heavy atom. The predicted octanol–water partition coefficient (Wildman–Crippen LogP) is -0.0151. The number of rotatable bonds is 1. The van der Waals surface area contributed by atoms with Crippen molar-refractivity contribution < 1.29 is 4.79 Å². The minimum atomic E-state index is -0.129. The van der Waals surface area contributed by atoms with Gasteiger partial charge in [-0.15, -0.1) is 10.2 Å². The molecule has 5 heteroatoms. The van der Waals surface area contributed by atoms with E-state index in [1.165, 1.54) is 6.92 Å². The standard InChI is InChI=1S/C6H10N4O/c1-4-7-8-5(2)10(4)9-6(3)11/h1-3H3,(H,9,11). The summed E-state index contributed by atoms with van der Waals surface area (Å²) < 4.78 is 1.54. The number of amides is 1. The quantitative estimate of drug-likeness (QED) is 0.618. The molecular formula is C6H10N4O. The molecule has 1 heterocycles. The molecule has 0 aromatic carbocycles. The van der Waals surface area contributed by atoms with E-state index in [0.29, 0.717) is 11.6 Å². The maximum absolute atomic E-state index is 10.6. The van der Waals surface area contributed by atoms with Gasteiger partial charge in [-0.2, -0.15) is 0 Å². The first-order valence-corrected chi connectivity index (χ1v) is 3.27. The van der Waals surface area contributed by atoms with Crippen LogP contribution >= 0.6 is 0 Å². The average Bonchev–Trinajstić information content (AvgIpc) is 2.18. The molecule has 0 unspecified atom stereocenters. The van der Waals surface area contributed by atoms with Crippen LogP contribution in [0, 0.1) is 13.8 Å². The molecule has 0 bridgehead atoms. The highest BCUT2D eigenvalue weighted by Gasteiger charge is 2.03. The monoisotopic (exact) mass is 154 g/mol. The second-order valence-electron chi connectivity index (χ2n) is 2.30. The van der Waals surface area contributed by atoms with Crippen LogP contribution in [0.25, 0.3) is 0 Å². The summed E-state index contributed by atoms with van der Waals surface area (Å²) in [7, 11) is 0. The largest absolute Gasteiger partial charge is 0.274 e. The molecule has 0 spiro atoms. The van der Waals surface area contributed by atoms with E-state index in [-0.39, 0.29) is 5.91 Å². The average molecular weight is 154 g/mol. The summed E-state index contributed by atoms with van der Waals surface area (Å²) in [5.41, 5.74) is 2.57. The normalized spacial score (nSPS) is 9.73. The van der Waals surface area contributed by atoms with Gasteiger partial charge in [0, 0.05) is 6.92 Å². The first kappa shape index (κ1) is 7.71. The molecule has 1 N–H and O–H groups in total. The Morgan fingerprint density at radius 2 is 1.82 bits per heavy atom. The van der Waals surface area contributed by atoms with Gasteiger partial charge >= 0.3 is 0 Å². The van der Waals surface area contributed by atoms with Gasteiger partial charge in [0.1, 0.15) is 11.6 Å². The van der Waals surface area contributed by atoms with Crippen LogP contribution in [0.15, 0.2) is 0 Å². The predicted molar refractivity (Wildman–Crippen MR) is 39.5 cm³/mol. The lowest BCUT2D eigenvalue weighted by Gasteiger charge is -2.04. The fourth-order valence-corrected chi connectivity index (χ4v) is 0.788. The highest BCUT2D eigenvalue weighted by atomic mass is 16.2. The fraction of sp³-hybridized carbons (Fsp3) is 0.500. The first-order chi connectivity index (χ1) is 5.11. The van der Waals surface area contributed by atoms with E-state index in [4.69, 9.17) is 0 Å². The highest BCUT2D eigenvalue weighted by molar-refractivity contribution is 5.81. The van der Waals surface area contributed by atoms with Crippen LogP contribution in [-0.2, 0) is 4.79 Å². The summed E-state index contributed by atoms with van der Waals surface area (Å²) in [5, 5.41) is 7.53. The van der Waals surface area contributed by atoms with E-state index < -0.39 is 0 Å². The lowest BCUT2D eigenvalue weighted by Crippen LogP contribution is -2.22. The Balaban J connectivity index is 2.92. The van der Waals surface area contributed by atoms with Crippen LogP contribution < -0.4 is 5.43 Å². The summed E-state index contributed by atoms with van der Waals surface area (Å²) in [6.45, 7) is 4.99. The fourth-order valence-electron chi connectivity index (χ4n) is 0.788. The summed E-state index contributed by atoms with van der Waals surface area (Å²) in [5.74, 6) is 1.23. The summed E-state index contributed by atoms with van der Waals surface area (Å²) in [6.07, 6.45) is 0. The SMILES string of the molecule is CC(=O)Nn1c(C)nnc1C. The van der Waals surface area contributed by atoms with E-state index in [9.17, 15) is 4.79 Å². The van der Waals surface area contributed by atoms with Gasteiger partial charge in [0.2, 0.25) is 5.91 Å². The molecule has 1 aromatic rings. The molecule has 5 nitrogen and oxygen atoms in total. The number of aromatic nitrogens is 3. The van der Waals surface area contributed by atoms with Gasteiger partial charge in [0.05, 0.1) is 0 Å². The van der Waals surface area contributed by atoms with Crippen molar-refractivity contribution in [2.75, 3.05) is 5.43 Å². The smallest absolute Gasteiger partial charge is 0.235 e. The molecule has 0 radical (unpaired) electrons. The maximum Gasteiger partial charge on any atom is 0.235 e. The highest BCUT2D eigenvalue weighted by Crippen LogP contribution is 1.94. The number of hydrogen-bond acceptors (Lipinski definition) is 3. The molecule has 60 valence electrons. The molecule has 1 amide bonds. The second kappa shape index (κ2) is 2.69. The second-order valence-corrected chi connectivity index (χ2v) is 2.30. The minimum Gasteiger partial charge on any atom is -0.274 e. The van der Waals surface area contributed by atoms with Crippen LogP contribution in [0.4, 0.5) is 0 Å². The lowest BCUT2D eigenvalue weighted by atomic mass is 10.6. The van der Waals surface area contributed by atoms with E-state index in [1.807, 2.05) is 0 Å². The lowest BCUT2D eigenvalue weighted by molar-refractivity contribution is -0.115. The summed E-state index contributed by atoms with van der Waals surface area (Å²) in [4.78, 5) is 10.6. The Kier molecular flexibility index (Phi) is 1.89. The number of hydrogen-bond donors (Lipinski definition) is 1. The van der Waals surface area contributed by atoms with Gasteiger partial charge < -0.3 is 0 Å². The Hall–Kier alpha value is -1.39. The third kappa shape index (κ3) is 1.54. The van der Waals surface area contributed by atoms with Gasteiger partial charge in [0.25, 0.3) is 0 Å². The third-order valence-electron chi connectivity index (χ3n) is 1.26. The van der Waals surface area contributed by atoms with E-state index in [1.54, 1.807) is 18.5 Å². The van der Waals surface area contributed by atoms with Crippen LogP contribution in [0.2, 0.25) is 0 Å². The molecule has 0 aliphatic heterocycles. The van der Waals surface area contributed by atoms with Crippen LogP contribution in [0.3, 0.4) is 0 Å². The van der Waals surface area contributed by atoms with Gasteiger partial charge in [-0.3, -0.25) is 10.2 Å². The van der Waals surface area contributed by atoms with Gasteiger partial charge in [-0.1, -0.05) is 0 Å². The number of carbonyl (C=O) groups excluding carboxylic acids is 1. The molecule has 0 saturated carbocycles. The van der Waals surface area contributed by atoms with Crippen molar-refractivity contribution in [3.05, 3.63) is 11.6 Å². The van der Waals surface area contributed by atoms with Crippen molar-refractivity contribution in [2.45, 2.75) is 20.8 Å². The van der Waals surface area contributed by atoms with Crippen LogP contribution in [0.5, 0.6) is 0 Å². The first-order valence-electron chi connectivity index (χ1n) is 3.27. The number of aryl methyl sites for hydroxylation is 2. The molecular weight excluding hydrogens is 144 g/mol. The zero-order chi connectivity index (χ0) is 8.43.